The standard InChI is InChI=1S/C15H16N4O5S/c1-2-24-14(21)12-9-25-15(17-12)18(8-7-16)13(20)10-3-5-11(6-4-10)19(22)23/h3-6,9H,2,7-8,16H2,1H3. The Hall–Kier alpha value is -2.85. The fourth-order valence-corrected chi connectivity index (χ4v) is 2.80. The van der Waals surface area contributed by atoms with Gasteiger partial charge in [-0.2, -0.15) is 0 Å². The van der Waals surface area contributed by atoms with Crippen LogP contribution >= 0.6 is 11.3 Å². The largest absolute Gasteiger partial charge is 0.461 e. The highest BCUT2D eigenvalue weighted by atomic mass is 32.1. The number of non-ortho nitro benzene ring substituents is 1. The normalized spacial score (nSPS) is 10.3. The number of nitro benzene ring substituents is 1. The average molecular weight is 364 g/mol. The third-order valence-electron chi connectivity index (χ3n) is 3.13. The minimum absolute atomic E-state index is 0.110. The Morgan fingerprint density at radius 3 is 2.60 bits per heavy atom. The van der Waals surface area contributed by atoms with Crippen LogP contribution in [0, 0.1) is 10.1 Å². The number of aromatic nitrogens is 1. The maximum absolute atomic E-state index is 12.7. The summed E-state index contributed by atoms with van der Waals surface area (Å²) in [6.45, 7) is 2.28. The molecular weight excluding hydrogens is 348 g/mol. The average Bonchev–Trinajstić information content (AvgIpc) is 3.09. The summed E-state index contributed by atoms with van der Waals surface area (Å²) in [6, 6.07) is 5.23. The fourth-order valence-electron chi connectivity index (χ4n) is 1.98. The minimum atomic E-state index is -0.569. The van der Waals surface area contributed by atoms with Crippen LogP contribution in [0.1, 0.15) is 27.8 Å². The van der Waals surface area contributed by atoms with E-state index in [1.807, 2.05) is 0 Å². The van der Waals surface area contributed by atoms with E-state index in [2.05, 4.69) is 4.98 Å². The Kier molecular flexibility index (Phi) is 6.14. The number of anilines is 1. The first-order valence-electron chi connectivity index (χ1n) is 7.37. The molecule has 1 aromatic carbocycles. The second-order valence-corrected chi connectivity index (χ2v) is 5.62. The molecule has 0 radical (unpaired) electrons. The molecule has 0 atom stereocenters. The zero-order valence-corrected chi connectivity index (χ0v) is 14.2. The molecule has 0 saturated carbocycles. The number of nitro groups is 1. The van der Waals surface area contributed by atoms with Gasteiger partial charge in [-0.05, 0) is 19.1 Å². The SMILES string of the molecule is CCOC(=O)c1csc(N(CCN)C(=O)c2ccc([N+](=O)[O-])cc2)n1. The van der Waals surface area contributed by atoms with Gasteiger partial charge in [-0.25, -0.2) is 9.78 Å². The van der Waals surface area contributed by atoms with Crippen LogP contribution in [-0.2, 0) is 4.74 Å². The van der Waals surface area contributed by atoms with Crippen molar-refractivity contribution in [2.45, 2.75) is 6.92 Å². The van der Waals surface area contributed by atoms with Crippen LogP contribution in [0.5, 0.6) is 0 Å². The molecule has 25 heavy (non-hydrogen) atoms. The van der Waals surface area contributed by atoms with Gasteiger partial charge in [0.2, 0.25) is 0 Å². The Morgan fingerprint density at radius 1 is 1.36 bits per heavy atom. The first kappa shape index (κ1) is 18.5. The van der Waals surface area contributed by atoms with Gasteiger partial charge in [0.1, 0.15) is 0 Å². The van der Waals surface area contributed by atoms with Crippen molar-refractivity contribution in [3.05, 3.63) is 51.0 Å². The third-order valence-corrected chi connectivity index (χ3v) is 3.99. The Bertz CT molecular complexity index is 774. The van der Waals surface area contributed by atoms with Crippen LogP contribution in [0.3, 0.4) is 0 Å². The predicted molar refractivity (Wildman–Crippen MR) is 91.9 cm³/mol. The van der Waals surface area contributed by atoms with E-state index < -0.39 is 16.8 Å². The maximum atomic E-state index is 12.7. The van der Waals surface area contributed by atoms with Crippen LogP contribution in [-0.4, -0.2) is 41.5 Å². The molecule has 0 saturated heterocycles. The summed E-state index contributed by atoms with van der Waals surface area (Å²) in [7, 11) is 0. The molecule has 0 spiro atoms. The Morgan fingerprint density at radius 2 is 2.04 bits per heavy atom. The summed E-state index contributed by atoms with van der Waals surface area (Å²) in [5.41, 5.74) is 5.82. The molecule has 132 valence electrons. The minimum Gasteiger partial charge on any atom is -0.461 e. The molecule has 0 fully saturated rings. The number of ether oxygens (including phenoxy) is 1. The quantitative estimate of drug-likeness (QED) is 0.451. The number of nitrogens with two attached hydrogens (primary N) is 1. The van der Waals surface area contributed by atoms with E-state index in [0.717, 1.165) is 11.3 Å². The Labute approximate surface area is 147 Å². The molecule has 0 aliphatic rings. The zero-order chi connectivity index (χ0) is 18.4. The lowest BCUT2D eigenvalue weighted by atomic mass is 10.2. The number of hydrogen-bond donors (Lipinski definition) is 1. The number of rotatable bonds is 7. The van der Waals surface area contributed by atoms with Crippen molar-refractivity contribution in [2.75, 3.05) is 24.6 Å². The highest BCUT2D eigenvalue weighted by Crippen LogP contribution is 2.23. The lowest BCUT2D eigenvalue weighted by Crippen LogP contribution is -2.35. The number of amides is 1. The summed E-state index contributed by atoms with van der Waals surface area (Å²) < 4.78 is 4.87. The second-order valence-electron chi connectivity index (χ2n) is 4.79. The van der Waals surface area contributed by atoms with Crippen molar-refractivity contribution < 1.29 is 19.2 Å². The van der Waals surface area contributed by atoms with E-state index in [9.17, 15) is 19.7 Å². The van der Waals surface area contributed by atoms with Crippen molar-refractivity contribution in [3.63, 3.8) is 0 Å². The number of benzene rings is 1. The zero-order valence-electron chi connectivity index (χ0n) is 13.4. The van der Waals surface area contributed by atoms with Gasteiger partial charge in [0.25, 0.3) is 11.6 Å². The van der Waals surface area contributed by atoms with Crippen molar-refractivity contribution in [1.82, 2.24) is 4.98 Å². The molecule has 0 aliphatic carbocycles. The monoisotopic (exact) mass is 364 g/mol. The lowest BCUT2D eigenvalue weighted by Gasteiger charge is -2.18. The topological polar surface area (TPSA) is 129 Å². The van der Waals surface area contributed by atoms with E-state index in [4.69, 9.17) is 10.5 Å². The molecule has 0 unspecified atom stereocenters. The van der Waals surface area contributed by atoms with Crippen molar-refractivity contribution >= 4 is 34.0 Å². The summed E-state index contributed by atoms with van der Waals surface area (Å²) in [4.78, 5) is 40.0. The van der Waals surface area contributed by atoms with Crippen LogP contribution in [0.15, 0.2) is 29.6 Å². The number of thiazole rings is 1. The van der Waals surface area contributed by atoms with Crippen LogP contribution in [0.2, 0.25) is 0 Å². The number of hydrogen-bond acceptors (Lipinski definition) is 8. The molecule has 1 amide bonds. The van der Waals surface area contributed by atoms with Crippen molar-refractivity contribution in [1.29, 1.82) is 0 Å². The van der Waals surface area contributed by atoms with Crippen molar-refractivity contribution in [3.8, 4) is 0 Å². The highest BCUT2D eigenvalue weighted by molar-refractivity contribution is 7.14. The van der Waals surface area contributed by atoms with E-state index in [-0.39, 0.29) is 36.6 Å². The maximum Gasteiger partial charge on any atom is 0.357 e. The summed E-state index contributed by atoms with van der Waals surface area (Å²) >= 11 is 1.11. The molecule has 1 aromatic heterocycles. The van der Waals surface area contributed by atoms with Gasteiger partial charge in [-0.3, -0.25) is 19.8 Å². The van der Waals surface area contributed by atoms with Gasteiger partial charge >= 0.3 is 5.97 Å². The van der Waals surface area contributed by atoms with Crippen LogP contribution in [0.4, 0.5) is 10.8 Å². The smallest absolute Gasteiger partial charge is 0.357 e. The Balaban J connectivity index is 2.26. The molecule has 2 rings (SSSR count). The van der Waals surface area contributed by atoms with Gasteiger partial charge in [0.15, 0.2) is 10.8 Å². The van der Waals surface area contributed by atoms with Gasteiger partial charge in [0.05, 0.1) is 11.5 Å². The summed E-state index contributed by atoms with van der Waals surface area (Å²) in [5, 5.41) is 12.5. The summed E-state index contributed by atoms with van der Waals surface area (Å²) in [6.07, 6.45) is 0. The number of carbonyl (C=O) groups excluding carboxylic acids is 2. The van der Waals surface area contributed by atoms with Gasteiger partial charge in [-0.1, -0.05) is 0 Å². The summed E-state index contributed by atoms with van der Waals surface area (Å²) in [5.74, 6) is -0.981. The predicted octanol–water partition coefficient (Wildman–Crippen LogP) is 1.83. The van der Waals surface area contributed by atoms with E-state index in [1.165, 1.54) is 34.5 Å². The van der Waals surface area contributed by atoms with Gasteiger partial charge < -0.3 is 10.5 Å². The molecule has 0 aliphatic heterocycles. The highest BCUT2D eigenvalue weighted by Gasteiger charge is 2.22. The van der Waals surface area contributed by atoms with Gasteiger partial charge in [-0.15, -0.1) is 11.3 Å². The molecule has 10 heteroatoms. The second kappa shape index (κ2) is 8.31. The number of nitrogens with zero attached hydrogens (tertiary/aromatic N) is 3. The van der Waals surface area contributed by atoms with Gasteiger partial charge in [0, 0.05) is 36.2 Å². The molecule has 2 N–H and O–H groups in total. The van der Waals surface area contributed by atoms with Crippen LogP contribution in [0.25, 0.3) is 0 Å². The van der Waals surface area contributed by atoms with E-state index >= 15 is 0 Å². The molecular formula is C15H16N4O5S. The van der Waals surface area contributed by atoms with E-state index in [1.54, 1.807) is 6.92 Å². The third kappa shape index (κ3) is 4.37. The first-order chi connectivity index (χ1) is 12.0. The number of carbonyl (C=O) groups is 2. The first-order valence-corrected chi connectivity index (χ1v) is 8.25. The molecule has 2 aromatic rings. The molecule has 0 bridgehead atoms. The number of esters is 1. The lowest BCUT2D eigenvalue weighted by molar-refractivity contribution is -0.384. The van der Waals surface area contributed by atoms with Crippen LogP contribution < -0.4 is 10.6 Å². The molecule has 9 nitrogen and oxygen atoms in total. The molecule has 1 heterocycles. The van der Waals surface area contributed by atoms with Crippen molar-refractivity contribution in [2.24, 2.45) is 5.73 Å². The fraction of sp³-hybridized carbons (Fsp3) is 0.267. The van der Waals surface area contributed by atoms with E-state index in [0.29, 0.717) is 5.13 Å².